The van der Waals surface area contributed by atoms with Crippen LogP contribution in [0.2, 0.25) is 0 Å². The number of likely N-dealkylation sites (tertiary alicyclic amines) is 1. The van der Waals surface area contributed by atoms with Gasteiger partial charge in [0.05, 0.1) is 17.0 Å². The van der Waals surface area contributed by atoms with Gasteiger partial charge in [0, 0.05) is 41.9 Å². The molecule has 0 bridgehead atoms. The van der Waals surface area contributed by atoms with Gasteiger partial charge in [-0.2, -0.15) is 5.10 Å². The summed E-state index contributed by atoms with van der Waals surface area (Å²) in [6.07, 6.45) is 3.30. The number of ether oxygens (including phenoxy) is 1. The molecule has 3 aromatic heterocycles. The van der Waals surface area contributed by atoms with Crippen LogP contribution in [0.25, 0.3) is 33.4 Å². The molecule has 1 atom stereocenters. The number of aromatic nitrogens is 4. The molecule has 3 N–H and O–H groups in total. The van der Waals surface area contributed by atoms with Crippen molar-refractivity contribution in [3.05, 3.63) is 70.8 Å². The van der Waals surface area contributed by atoms with Crippen LogP contribution in [-0.4, -0.2) is 49.1 Å². The quantitative estimate of drug-likeness (QED) is 0.412. The zero-order valence-corrected chi connectivity index (χ0v) is 17.1. The van der Waals surface area contributed by atoms with E-state index in [0.717, 1.165) is 35.0 Å². The van der Waals surface area contributed by atoms with Crippen LogP contribution in [0.5, 0.6) is 0 Å². The van der Waals surface area contributed by atoms with Crippen LogP contribution in [0.3, 0.4) is 0 Å². The smallest absolute Gasteiger partial charge is 0.450 e. The highest BCUT2D eigenvalue weighted by Gasteiger charge is 2.27. The summed E-state index contributed by atoms with van der Waals surface area (Å²) in [6, 6.07) is 13.4. The van der Waals surface area contributed by atoms with Crippen molar-refractivity contribution in [3.63, 3.8) is 0 Å². The molecule has 4 heterocycles. The average molecular weight is 431 g/mol. The van der Waals surface area contributed by atoms with Crippen LogP contribution in [0.4, 0.5) is 4.79 Å². The number of carboxylic acid groups (broad SMARTS) is 1. The van der Waals surface area contributed by atoms with Gasteiger partial charge in [0.15, 0.2) is 6.23 Å². The monoisotopic (exact) mass is 431 g/mol. The van der Waals surface area contributed by atoms with Crippen LogP contribution in [0.15, 0.2) is 59.7 Å². The van der Waals surface area contributed by atoms with E-state index in [9.17, 15) is 9.59 Å². The van der Waals surface area contributed by atoms with Crippen molar-refractivity contribution in [1.29, 1.82) is 0 Å². The molecule has 0 unspecified atom stereocenters. The number of benzene rings is 1. The van der Waals surface area contributed by atoms with Crippen molar-refractivity contribution in [1.82, 2.24) is 25.1 Å². The number of nitrogens with zero attached hydrogens (tertiary/aromatic N) is 3. The Bertz CT molecular complexity index is 1330. The third-order valence-corrected chi connectivity index (χ3v) is 5.68. The van der Waals surface area contributed by atoms with Gasteiger partial charge < -0.3 is 14.8 Å². The first-order valence-electron chi connectivity index (χ1n) is 10.3. The first-order chi connectivity index (χ1) is 15.6. The number of hydrogen-bond donors (Lipinski definition) is 3. The summed E-state index contributed by atoms with van der Waals surface area (Å²) in [7, 11) is 0. The van der Waals surface area contributed by atoms with Gasteiger partial charge in [-0.05, 0) is 48.7 Å². The van der Waals surface area contributed by atoms with E-state index in [1.54, 1.807) is 18.5 Å². The molecule has 1 aliphatic rings. The second-order valence-electron chi connectivity index (χ2n) is 7.79. The Morgan fingerprint density at radius 2 is 2.03 bits per heavy atom. The minimum Gasteiger partial charge on any atom is -0.450 e. The molecule has 0 aliphatic carbocycles. The summed E-state index contributed by atoms with van der Waals surface area (Å²) >= 11 is 0. The lowest BCUT2D eigenvalue weighted by Crippen LogP contribution is -2.32. The standard InChI is InChI=1S/C23H21N5O4/c29-22-17(12-19(26-27-22)15-5-7-24-8-6-15)20-11-16-4-3-14(10-18(16)25-20)13-28-9-1-2-21(28)32-23(30)31/h3-8,10-12,21,25H,1-2,9,13H2,(H,27,29)(H,30,31)/t21-/m0/s1. The van der Waals surface area contributed by atoms with Crippen molar-refractivity contribution < 1.29 is 14.6 Å². The largest absolute Gasteiger partial charge is 0.507 e. The summed E-state index contributed by atoms with van der Waals surface area (Å²) in [6.45, 7) is 1.38. The van der Waals surface area contributed by atoms with Crippen molar-refractivity contribution in [2.75, 3.05) is 6.54 Å². The van der Waals surface area contributed by atoms with E-state index >= 15 is 0 Å². The van der Waals surface area contributed by atoms with E-state index in [-0.39, 0.29) is 5.56 Å². The Labute approximate surface area is 182 Å². The van der Waals surface area contributed by atoms with Crippen molar-refractivity contribution in [3.8, 4) is 22.5 Å². The van der Waals surface area contributed by atoms with Crippen molar-refractivity contribution in [2.45, 2.75) is 25.6 Å². The minimum atomic E-state index is -1.25. The second kappa shape index (κ2) is 8.27. The van der Waals surface area contributed by atoms with Crippen LogP contribution in [0, 0.1) is 0 Å². The van der Waals surface area contributed by atoms with E-state index in [1.165, 1.54) is 0 Å². The molecule has 1 aliphatic heterocycles. The Kier molecular flexibility index (Phi) is 5.16. The van der Waals surface area contributed by atoms with Crippen LogP contribution >= 0.6 is 0 Å². The second-order valence-corrected chi connectivity index (χ2v) is 7.79. The molecule has 0 saturated carbocycles. The molecule has 0 spiro atoms. The summed E-state index contributed by atoms with van der Waals surface area (Å²) in [4.78, 5) is 32.8. The van der Waals surface area contributed by atoms with E-state index in [1.807, 2.05) is 41.3 Å². The van der Waals surface area contributed by atoms with Gasteiger partial charge in [0.2, 0.25) is 0 Å². The maximum absolute atomic E-state index is 12.5. The zero-order chi connectivity index (χ0) is 22.1. The average Bonchev–Trinajstić information content (AvgIpc) is 3.40. The molecule has 0 radical (unpaired) electrons. The van der Waals surface area contributed by atoms with Gasteiger partial charge in [-0.1, -0.05) is 12.1 Å². The predicted molar refractivity (Wildman–Crippen MR) is 118 cm³/mol. The highest BCUT2D eigenvalue weighted by molar-refractivity contribution is 5.86. The van der Waals surface area contributed by atoms with Gasteiger partial charge in [0.1, 0.15) is 0 Å². The molecule has 1 aromatic carbocycles. The summed E-state index contributed by atoms with van der Waals surface area (Å²) in [5.41, 5.74) is 4.37. The molecule has 162 valence electrons. The lowest BCUT2D eigenvalue weighted by molar-refractivity contribution is -0.0169. The molecule has 32 heavy (non-hydrogen) atoms. The van der Waals surface area contributed by atoms with Crippen molar-refractivity contribution in [2.24, 2.45) is 0 Å². The fourth-order valence-corrected chi connectivity index (χ4v) is 4.15. The Morgan fingerprint density at radius 1 is 1.19 bits per heavy atom. The van der Waals surface area contributed by atoms with E-state index in [4.69, 9.17) is 9.84 Å². The Morgan fingerprint density at radius 3 is 2.84 bits per heavy atom. The Balaban J connectivity index is 1.44. The highest BCUT2D eigenvalue weighted by Crippen LogP contribution is 2.27. The third-order valence-electron chi connectivity index (χ3n) is 5.68. The molecule has 1 saturated heterocycles. The van der Waals surface area contributed by atoms with Crippen molar-refractivity contribution >= 4 is 17.1 Å². The number of hydrogen-bond acceptors (Lipinski definition) is 6. The van der Waals surface area contributed by atoms with Gasteiger partial charge in [-0.3, -0.25) is 14.7 Å². The number of rotatable bonds is 5. The molecule has 4 aromatic rings. The summed E-state index contributed by atoms with van der Waals surface area (Å²) in [5.74, 6) is 0. The summed E-state index contributed by atoms with van der Waals surface area (Å²) in [5, 5.41) is 16.6. The molecular weight excluding hydrogens is 410 g/mol. The summed E-state index contributed by atoms with van der Waals surface area (Å²) < 4.78 is 4.99. The third kappa shape index (κ3) is 3.97. The predicted octanol–water partition coefficient (Wildman–Crippen LogP) is 3.60. The SMILES string of the molecule is O=C(O)O[C@H]1CCCN1Cc1ccc2cc(-c3cc(-c4ccncc4)n[nH]c3=O)[nH]c2c1. The minimum absolute atomic E-state index is 0.277. The maximum Gasteiger partial charge on any atom is 0.507 e. The van der Waals surface area contributed by atoms with Crippen LogP contribution in [-0.2, 0) is 11.3 Å². The van der Waals surface area contributed by atoms with Crippen LogP contribution in [0.1, 0.15) is 18.4 Å². The van der Waals surface area contributed by atoms with Gasteiger partial charge in [-0.15, -0.1) is 0 Å². The number of pyridine rings is 1. The number of carbonyl (C=O) groups is 1. The van der Waals surface area contributed by atoms with Crippen LogP contribution < -0.4 is 5.56 Å². The van der Waals surface area contributed by atoms with Gasteiger partial charge in [-0.25, -0.2) is 9.89 Å². The number of H-pyrrole nitrogens is 2. The van der Waals surface area contributed by atoms with Gasteiger partial charge >= 0.3 is 6.16 Å². The number of fused-ring (bicyclic) bond motifs is 1. The lowest BCUT2D eigenvalue weighted by atomic mass is 10.1. The zero-order valence-electron chi connectivity index (χ0n) is 17.1. The lowest BCUT2D eigenvalue weighted by Gasteiger charge is -2.23. The maximum atomic E-state index is 12.5. The highest BCUT2D eigenvalue weighted by atomic mass is 16.7. The van der Waals surface area contributed by atoms with Gasteiger partial charge in [0.25, 0.3) is 5.56 Å². The fraction of sp³-hybridized carbons (Fsp3) is 0.217. The normalized spacial score (nSPS) is 16.4. The number of aromatic amines is 2. The molecule has 0 amide bonds. The first kappa shape index (κ1) is 20.0. The molecule has 9 heteroatoms. The molecular formula is C23H21N5O4. The van der Waals surface area contributed by atoms with E-state index in [0.29, 0.717) is 29.9 Å². The number of nitrogens with one attached hydrogen (secondary N) is 2. The van der Waals surface area contributed by atoms with E-state index < -0.39 is 12.4 Å². The molecule has 9 nitrogen and oxygen atoms in total. The fourth-order valence-electron chi connectivity index (χ4n) is 4.15. The molecule has 5 rings (SSSR count). The topological polar surface area (TPSA) is 124 Å². The Hall–Kier alpha value is -3.98. The van der Waals surface area contributed by atoms with E-state index in [2.05, 4.69) is 20.2 Å². The first-order valence-corrected chi connectivity index (χ1v) is 10.3. The molecule has 1 fully saturated rings.